The lowest BCUT2D eigenvalue weighted by molar-refractivity contribution is 0.263. The number of benzene rings is 1. The van der Waals surface area contributed by atoms with Crippen LogP contribution in [0.5, 0.6) is 11.5 Å². The van der Waals surface area contributed by atoms with E-state index in [0.717, 1.165) is 48.1 Å². The Hall–Kier alpha value is -1.94. The highest BCUT2D eigenvalue weighted by atomic mass is 16.5. The van der Waals surface area contributed by atoms with Crippen LogP contribution in [0.1, 0.15) is 30.4 Å². The van der Waals surface area contributed by atoms with Gasteiger partial charge in [-0.15, -0.1) is 0 Å². The van der Waals surface area contributed by atoms with Crippen LogP contribution in [0, 0.1) is 6.92 Å². The lowest BCUT2D eigenvalue weighted by Gasteiger charge is -2.06. The van der Waals surface area contributed by atoms with E-state index in [0.29, 0.717) is 6.61 Å². The van der Waals surface area contributed by atoms with Gasteiger partial charge in [0.05, 0.1) is 13.7 Å². The molecular formula is C17H23NO3. The largest absolute Gasteiger partial charge is 0.497 e. The minimum Gasteiger partial charge on any atom is -0.497 e. The molecule has 0 atom stereocenters. The molecule has 1 N–H and O–H groups in total. The summed E-state index contributed by atoms with van der Waals surface area (Å²) < 4.78 is 16.7. The predicted molar refractivity (Wildman–Crippen MR) is 82.8 cm³/mol. The van der Waals surface area contributed by atoms with Crippen molar-refractivity contribution in [2.75, 3.05) is 13.7 Å². The van der Waals surface area contributed by atoms with E-state index in [2.05, 4.69) is 19.2 Å². The van der Waals surface area contributed by atoms with E-state index in [4.69, 9.17) is 13.9 Å². The molecule has 4 nitrogen and oxygen atoms in total. The molecule has 21 heavy (non-hydrogen) atoms. The van der Waals surface area contributed by atoms with Gasteiger partial charge in [-0.1, -0.05) is 13.0 Å². The Bertz CT molecular complexity index is 563. The fourth-order valence-electron chi connectivity index (χ4n) is 2.06. The fourth-order valence-corrected chi connectivity index (χ4v) is 2.06. The quantitative estimate of drug-likeness (QED) is 0.753. The summed E-state index contributed by atoms with van der Waals surface area (Å²) in [5, 5.41) is 3.34. The van der Waals surface area contributed by atoms with Gasteiger partial charge < -0.3 is 19.2 Å². The van der Waals surface area contributed by atoms with Gasteiger partial charge in [0.15, 0.2) is 0 Å². The van der Waals surface area contributed by atoms with E-state index >= 15 is 0 Å². The molecule has 4 heteroatoms. The molecule has 0 fully saturated rings. The molecule has 0 unspecified atom stereocenters. The molecule has 114 valence electrons. The van der Waals surface area contributed by atoms with Gasteiger partial charge in [-0.3, -0.25) is 0 Å². The number of rotatable bonds is 8. The van der Waals surface area contributed by atoms with E-state index in [-0.39, 0.29) is 0 Å². The molecule has 0 aliphatic heterocycles. The number of nitrogens with one attached hydrogen (secondary N) is 1. The van der Waals surface area contributed by atoms with Crippen LogP contribution in [-0.2, 0) is 13.2 Å². The van der Waals surface area contributed by atoms with Crippen molar-refractivity contribution in [1.82, 2.24) is 5.32 Å². The van der Waals surface area contributed by atoms with Gasteiger partial charge in [-0.2, -0.15) is 0 Å². The first-order chi connectivity index (χ1) is 10.2. The summed E-state index contributed by atoms with van der Waals surface area (Å²) in [4.78, 5) is 0. The van der Waals surface area contributed by atoms with Gasteiger partial charge in [0.25, 0.3) is 0 Å². The molecule has 0 radical (unpaired) electrons. The lowest BCUT2D eigenvalue weighted by Crippen LogP contribution is -2.13. The SMILES string of the molecule is CCCNCc1oc(COc2cccc(OC)c2)cc1C. The van der Waals surface area contributed by atoms with Crippen LogP contribution in [-0.4, -0.2) is 13.7 Å². The van der Waals surface area contributed by atoms with Crippen molar-refractivity contribution in [3.05, 3.63) is 47.4 Å². The molecule has 0 saturated carbocycles. The Kier molecular flexibility index (Phi) is 5.69. The summed E-state index contributed by atoms with van der Waals surface area (Å²) in [5.41, 5.74) is 1.16. The zero-order chi connectivity index (χ0) is 15.1. The molecule has 2 aromatic rings. The second-order valence-electron chi connectivity index (χ2n) is 4.96. The normalized spacial score (nSPS) is 10.6. The molecule has 0 saturated heterocycles. The number of furan rings is 1. The average Bonchev–Trinajstić information content (AvgIpc) is 2.86. The van der Waals surface area contributed by atoms with Gasteiger partial charge >= 0.3 is 0 Å². The summed E-state index contributed by atoms with van der Waals surface area (Å²) in [6.45, 7) is 6.38. The van der Waals surface area contributed by atoms with Crippen LogP contribution in [0.4, 0.5) is 0 Å². The standard InChI is InChI=1S/C17H23NO3/c1-4-8-18-11-17-13(2)9-16(21-17)12-20-15-7-5-6-14(10-15)19-3/h5-7,9-10,18H,4,8,11-12H2,1-3H3. The second-order valence-corrected chi connectivity index (χ2v) is 4.96. The maximum Gasteiger partial charge on any atom is 0.146 e. The highest BCUT2D eigenvalue weighted by molar-refractivity contribution is 5.33. The van der Waals surface area contributed by atoms with Crippen molar-refractivity contribution in [3.8, 4) is 11.5 Å². The molecule has 1 aromatic carbocycles. The van der Waals surface area contributed by atoms with Crippen molar-refractivity contribution in [2.24, 2.45) is 0 Å². The molecular weight excluding hydrogens is 266 g/mol. The van der Waals surface area contributed by atoms with Crippen LogP contribution < -0.4 is 14.8 Å². The molecule has 0 amide bonds. The topological polar surface area (TPSA) is 43.6 Å². The van der Waals surface area contributed by atoms with E-state index < -0.39 is 0 Å². The van der Waals surface area contributed by atoms with Crippen LogP contribution in [0.3, 0.4) is 0 Å². The first-order valence-corrected chi connectivity index (χ1v) is 7.28. The molecule has 1 heterocycles. The number of hydrogen-bond donors (Lipinski definition) is 1. The Morgan fingerprint density at radius 2 is 2.00 bits per heavy atom. The fraction of sp³-hybridized carbons (Fsp3) is 0.412. The number of methoxy groups -OCH3 is 1. The van der Waals surface area contributed by atoms with Crippen molar-refractivity contribution in [2.45, 2.75) is 33.4 Å². The first-order valence-electron chi connectivity index (χ1n) is 7.28. The van der Waals surface area contributed by atoms with Crippen LogP contribution in [0.15, 0.2) is 34.7 Å². The third-order valence-electron chi connectivity index (χ3n) is 3.21. The maximum absolute atomic E-state index is 5.82. The molecule has 2 rings (SSSR count). The van der Waals surface area contributed by atoms with E-state index in [9.17, 15) is 0 Å². The van der Waals surface area contributed by atoms with Crippen LogP contribution >= 0.6 is 0 Å². The smallest absolute Gasteiger partial charge is 0.146 e. The minimum absolute atomic E-state index is 0.418. The average molecular weight is 289 g/mol. The third kappa shape index (κ3) is 4.53. The number of aryl methyl sites for hydroxylation is 1. The van der Waals surface area contributed by atoms with Crippen molar-refractivity contribution in [3.63, 3.8) is 0 Å². The molecule has 0 aliphatic rings. The van der Waals surface area contributed by atoms with E-state index in [1.807, 2.05) is 30.3 Å². The third-order valence-corrected chi connectivity index (χ3v) is 3.21. The Balaban J connectivity index is 1.92. The maximum atomic E-state index is 5.82. The molecule has 0 aliphatic carbocycles. The molecule has 1 aromatic heterocycles. The Morgan fingerprint density at radius 1 is 1.19 bits per heavy atom. The predicted octanol–water partition coefficient (Wildman–Crippen LogP) is 3.68. The highest BCUT2D eigenvalue weighted by Gasteiger charge is 2.08. The summed E-state index contributed by atoms with van der Waals surface area (Å²) >= 11 is 0. The summed E-state index contributed by atoms with van der Waals surface area (Å²) in [6.07, 6.45) is 1.12. The highest BCUT2D eigenvalue weighted by Crippen LogP contribution is 2.21. The van der Waals surface area contributed by atoms with Crippen LogP contribution in [0.25, 0.3) is 0 Å². The minimum atomic E-state index is 0.418. The van der Waals surface area contributed by atoms with Crippen molar-refractivity contribution >= 4 is 0 Å². The van der Waals surface area contributed by atoms with E-state index in [1.54, 1.807) is 7.11 Å². The lowest BCUT2D eigenvalue weighted by atomic mass is 10.2. The first kappa shape index (κ1) is 15.4. The van der Waals surface area contributed by atoms with Gasteiger partial charge in [0.2, 0.25) is 0 Å². The van der Waals surface area contributed by atoms with Crippen molar-refractivity contribution in [1.29, 1.82) is 0 Å². The van der Waals surface area contributed by atoms with Crippen molar-refractivity contribution < 1.29 is 13.9 Å². The number of hydrogen-bond acceptors (Lipinski definition) is 4. The van der Waals surface area contributed by atoms with Gasteiger partial charge in [0, 0.05) is 6.07 Å². The summed E-state index contributed by atoms with van der Waals surface area (Å²) in [5.74, 6) is 3.37. The number of ether oxygens (including phenoxy) is 2. The summed E-state index contributed by atoms with van der Waals surface area (Å²) in [7, 11) is 1.64. The second kappa shape index (κ2) is 7.74. The van der Waals surface area contributed by atoms with Crippen LogP contribution in [0.2, 0.25) is 0 Å². The summed E-state index contributed by atoms with van der Waals surface area (Å²) in [6, 6.07) is 9.59. The van der Waals surface area contributed by atoms with Gasteiger partial charge in [-0.05, 0) is 43.7 Å². The Labute approximate surface area is 126 Å². The van der Waals surface area contributed by atoms with Gasteiger partial charge in [0.1, 0.15) is 29.6 Å². The Morgan fingerprint density at radius 3 is 2.76 bits per heavy atom. The molecule has 0 bridgehead atoms. The zero-order valence-electron chi connectivity index (χ0n) is 12.9. The van der Waals surface area contributed by atoms with E-state index in [1.165, 1.54) is 0 Å². The monoisotopic (exact) mass is 289 g/mol. The van der Waals surface area contributed by atoms with Gasteiger partial charge in [-0.25, -0.2) is 0 Å². The zero-order valence-corrected chi connectivity index (χ0v) is 12.9. The molecule has 0 spiro atoms.